The quantitative estimate of drug-likeness (QED) is 0.274. The van der Waals surface area contributed by atoms with Crippen molar-refractivity contribution < 1.29 is 23.0 Å². The van der Waals surface area contributed by atoms with Gasteiger partial charge in [0, 0.05) is 19.6 Å². The highest BCUT2D eigenvalue weighted by Crippen LogP contribution is 2.33. The number of piperidine rings is 1. The third kappa shape index (κ3) is 5.44. The van der Waals surface area contributed by atoms with Crippen LogP contribution in [0.3, 0.4) is 0 Å². The number of rotatable bonds is 8. The van der Waals surface area contributed by atoms with Crippen LogP contribution in [-0.2, 0) is 6.54 Å². The molecule has 0 aliphatic carbocycles. The lowest BCUT2D eigenvalue weighted by Crippen LogP contribution is -2.63. The van der Waals surface area contributed by atoms with Gasteiger partial charge in [0.25, 0.3) is 12.4 Å². The highest BCUT2D eigenvalue weighted by molar-refractivity contribution is 5.72. The van der Waals surface area contributed by atoms with E-state index in [-0.39, 0.29) is 42.5 Å². The summed E-state index contributed by atoms with van der Waals surface area (Å²) in [5, 5.41) is 13.2. The number of pyridine rings is 2. The number of halogens is 3. The molecule has 37 heavy (non-hydrogen) atoms. The van der Waals surface area contributed by atoms with E-state index in [4.69, 9.17) is 21.9 Å². The van der Waals surface area contributed by atoms with Crippen LogP contribution in [0.1, 0.15) is 18.4 Å². The van der Waals surface area contributed by atoms with E-state index in [1.54, 1.807) is 17.0 Å². The number of aliphatic hydroxyl groups excluding tert-OH is 1. The van der Waals surface area contributed by atoms with Crippen molar-refractivity contribution >= 4 is 23.0 Å². The number of nitrogens with one attached hydrogen (secondary N) is 1. The molecular formula is C23H28F3N9O2. The molecule has 0 unspecified atom stereocenters. The van der Waals surface area contributed by atoms with Gasteiger partial charge in [-0.15, -0.1) is 0 Å². The molecule has 0 aromatic carbocycles. The zero-order valence-electron chi connectivity index (χ0n) is 20.0. The summed E-state index contributed by atoms with van der Waals surface area (Å²) in [7, 11) is 1.34. The second-order valence-electron chi connectivity index (χ2n) is 8.80. The molecule has 1 aliphatic heterocycles. The summed E-state index contributed by atoms with van der Waals surface area (Å²) < 4.78 is 45.8. The molecule has 3 aromatic rings. The smallest absolute Gasteiger partial charge is 0.265 e. The Morgan fingerprint density at radius 2 is 2.00 bits per heavy atom. The monoisotopic (exact) mass is 519 g/mol. The Hall–Kier alpha value is -3.91. The van der Waals surface area contributed by atoms with Gasteiger partial charge in [-0.2, -0.15) is 4.39 Å². The molecule has 2 atom stereocenters. The van der Waals surface area contributed by atoms with Gasteiger partial charge in [-0.25, -0.2) is 23.7 Å². The van der Waals surface area contributed by atoms with E-state index in [1.165, 1.54) is 25.7 Å². The van der Waals surface area contributed by atoms with Gasteiger partial charge in [-0.3, -0.25) is 4.98 Å². The van der Waals surface area contributed by atoms with Crippen molar-refractivity contribution in [3.63, 3.8) is 0 Å². The van der Waals surface area contributed by atoms with Crippen LogP contribution in [0, 0.1) is 5.95 Å². The minimum atomic E-state index is -2.98. The van der Waals surface area contributed by atoms with E-state index < -0.39 is 24.0 Å². The van der Waals surface area contributed by atoms with Gasteiger partial charge in [0.15, 0.2) is 17.4 Å². The van der Waals surface area contributed by atoms with Gasteiger partial charge >= 0.3 is 0 Å². The average Bonchev–Trinajstić information content (AvgIpc) is 2.88. The van der Waals surface area contributed by atoms with Crippen molar-refractivity contribution in [1.29, 1.82) is 0 Å². The maximum Gasteiger partial charge on any atom is 0.265 e. The summed E-state index contributed by atoms with van der Waals surface area (Å²) in [5.74, 6) is -0.398. The van der Waals surface area contributed by atoms with E-state index in [9.17, 15) is 18.3 Å². The number of hydrogen-bond acceptors (Lipinski definition) is 11. The van der Waals surface area contributed by atoms with E-state index in [0.29, 0.717) is 35.7 Å². The Bertz CT molecular complexity index is 1270. The maximum absolute atomic E-state index is 14.3. The Morgan fingerprint density at radius 3 is 2.70 bits per heavy atom. The molecule has 1 aliphatic rings. The molecule has 0 bridgehead atoms. The molecule has 14 heteroatoms. The maximum atomic E-state index is 14.3. The predicted octanol–water partition coefficient (Wildman–Crippen LogP) is 1.78. The summed E-state index contributed by atoms with van der Waals surface area (Å²) in [6, 6.07) is 4.69. The van der Waals surface area contributed by atoms with Crippen LogP contribution in [-0.4, -0.2) is 63.3 Å². The molecule has 3 aromatic heterocycles. The van der Waals surface area contributed by atoms with Crippen LogP contribution in [0.4, 0.5) is 36.2 Å². The first-order valence-corrected chi connectivity index (χ1v) is 11.4. The zero-order chi connectivity index (χ0) is 26.7. The fraction of sp³-hybridized carbons (Fsp3) is 0.391. The molecule has 0 spiro atoms. The normalized spacial score (nSPS) is 18.6. The van der Waals surface area contributed by atoms with Crippen molar-refractivity contribution in [2.75, 3.05) is 41.9 Å². The number of aliphatic hydroxyl groups is 1. The van der Waals surface area contributed by atoms with Crippen LogP contribution in [0.5, 0.6) is 5.75 Å². The Balaban J connectivity index is 1.70. The van der Waals surface area contributed by atoms with Crippen LogP contribution in [0.25, 0.3) is 11.4 Å². The minimum absolute atomic E-state index is 0.00993. The summed E-state index contributed by atoms with van der Waals surface area (Å²) in [6.45, 7) is 0.640. The van der Waals surface area contributed by atoms with Crippen LogP contribution >= 0.6 is 0 Å². The van der Waals surface area contributed by atoms with Crippen LogP contribution in [0.2, 0.25) is 0 Å². The number of alkyl halides is 2. The van der Waals surface area contributed by atoms with E-state index in [2.05, 4.69) is 25.3 Å². The molecule has 0 saturated carbocycles. The molecule has 8 N–H and O–H groups in total. The third-order valence-electron chi connectivity index (χ3n) is 6.35. The first kappa shape index (κ1) is 26.2. The van der Waals surface area contributed by atoms with Crippen molar-refractivity contribution in [1.82, 2.24) is 19.9 Å². The van der Waals surface area contributed by atoms with Crippen LogP contribution < -0.4 is 32.2 Å². The summed E-state index contributed by atoms with van der Waals surface area (Å²) >= 11 is 0. The summed E-state index contributed by atoms with van der Waals surface area (Å²) in [4.78, 5) is 18.1. The zero-order valence-corrected chi connectivity index (χ0v) is 20.0. The molecule has 1 fully saturated rings. The van der Waals surface area contributed by atoms with E-state index >= 15 is 0 Å². The minimum Gasteiger partial charge on any atom is -0.492 e. The Kier molecular flexibility index (Phi) is 7.50. The number of nitrogens with two attached hydrogens (primary N) is 3. The van der Waals surface area contributed by atoms with Crippen molar-refractivity contribution in [2.45, 2.75) is 37.5 Å². The number of hydrogen-bond donors (Lipinski definition) is 5. The second-order valence-corrected chi connectivity index (χ2v) is 8.80. The molecule has 1 saturated heterocycles. The topological polar surface area (TPSA) is 174 Å². The van der Waals surface area contributed by atoms with Crippen molar-refractivity contribution in [3.8, 4) is 17.1 Å². The molecule has 0 radical (unpaired) electrons. The molecule has 198 valence electrons. The fourth-order valence-corrected chi connectivity index (χ4v) is 4.31. The van der Waals surface area contributed by atoms with Gasteiger partial charge in [-0.1, -0.05) is 0 Å². The van der Waals surface area contributed by atoms with Gasteiger partial charge < -0.3 is 37.3 Å². The van der Waals surface area contributed by atoms with E-state index in [1.807, 2.05) is 0 Å². The summed E-state index contributed by atoms with van der Waals surface area (Å²) in [5.41, 5.74) is 18.5. The number of nitrogens with zero attached hydrogens (tertiary/aromatic N) is 5. The Morgan fingerprint density at radius 1 is 1.22 bits per heavy atom. The number of aromatic nitrogens is 4. The lowest BCUT2D eigenvalue weighted by atomic mass is 9.84. The number of methoxy groups -OCH3 is 1. The van der Waals surface area contributed by atoms with Crippen molar-refractivity contribution in [2.24, 2.45) is 5.73 Å². The first-order valence-electron chi connectivity index (χ1n) is 11.4. The highest BCUT2D eigenvalue weighted by Gasteiger charge is 2.43. The number of ether oxygens (including phenoxy) is 1. The standard InChI is InChI=1S/C23H28F3N9O2/c1-37-16-4-3-13(34-20(16)26)14-7-12(8-31-22-17(27)21(28)32-11-33-22)15(9-30-14)35-6-2-5-23(29,10-35)18(36)19(24)25/h3-4,7,9,11,18-19,36H,2,5-6,8,10,27,29H2,1H3,(H3,28,31,32,33)/t18-,23-/m1/s1. The SMILES string of the molecule is COc1ccc(-c2cc(CNc3ncnc(N)c3N)c(N3CCC[C@](N)([C@H](O)C(F)F)C3)cn2)nc1F. The second kappa shape index (κ2) is 10.6. The Labute approximate surface area is 210 Å². The molecule has 4 heterocycles. The van der Waals surface area contributed by atoms with Crippen LogP contribution in [0.15, 0.2) is 30.7 Å². The predicted molar refractivity (Wildman–Crippen MR) is 133 cm³/mol. The highest BCUT2D eigenvalue weighted by atomic mass is 19.3. The average molecular weight is 520 g/mol. The molecule has 0 amide bonds. The first-order chi connectivity index (χ1) is 17.6. The lowest BCUT2D eigenvalue weighted by molar-refractivity contribution is -0.0529. The van der Waals surface area contributed by atoms with Gasteiger partial charge in [0.05, 0.1) is 35.9 Å². The van der Waals surface area contributed by atoms with E-state index in [0.717, 1.165) is 0 Å². The molecule has 11 nitrogen and oxygen atoms in total. The third-order valence-corrected chi connectivity index (χ3v) is 6.35. The lowest BCUT2D eigenvalue weighted by Gasteiger charge is -2.44. The fourth-order valence-electron chi connectivity index (χ4n) is 4.31. The molecular weight excluding hydrogens is 491 g/mol. The molecule has 4 rings (SSSR count). The van der Waals surface area contributed by atoms with Crippen molar-refractivity contribution in [3.05, 3.63) is 42.2 Å². The number of nitrogen functional groups attached to an aromatic ring is 2. The number of anilines is 4. The van der Waals surface area contributed by atoms with Gasteiger partial charge in [0.1, 0.15) is 18.1 Å². The summed E-state index contributed by atoms with van der Waals surface area (Å²) in [6.07, 6.45) is -1.45. The largest absolute Gasteiger partial charge is 0.492 e. The van der Waals surface area contributed by atoms with Gasteiger partial charge in [-0.05, 0) is 36.6 Å². The van der Waals surface area contributed by atoms with Gasteiger partial charge in [0.2, 0.25) is 0 Å².